The van der Waals surface area contributed by atoms with Gasteiger partial charge in [0.2, 0.25) is 5.91 Å². The zero-order chi connectivity index (χ0) is 33.7. The normalized spacial score (nSPS) is 15.3. The highest BCUT2D eigenvalue weighted by Crippen LogP contribution is 2.38. The molecule has 0 spiro atoms. The van der Waals surface area contributed by atoms with Crippen LogP contribution >= 0.6 is 7.82 Å². The van der Waals surface area contributed by atoms with Crippen LogP contribution < -0.4 is 10.2 Å². The van der Waals surface area contributed by atoms with E-state index in [9.17, 15) is 19.4 Å². The average molecular weight is 657 g/mol. The van der Waals surface area contributed by atoms with Crippen molar-refractivity contribution < 1.29 is 32.9 Å². The average Bonchev–Trinajstić information content (AvgIpc) is 2.97. The predicted molar refractivity (Wildman–Crippen MR) is 187 cm³/mol. The third-order valence-electron chi connectivity index (χ3n) is 7.63. The van der Waals surface area contributed by atoms with Crippen molar-refractivity contribution in [3.8, 4) is 0 Å². The molecule has 0 radical (unpaired) electrons. The Morgan fingerprint density at radius 3 is 1.87 bits per heavy atom. The number of carbonyl (C=O) groups is 1. The molecule has 0 saturated heterocycles. The van der Waals surface area contributed by atoms with Gasteiger partial charge in [-0.05, 0) is 44.9 Å². The maximum absolute atomic E-state index is 12.7. The molecule has 1 amide bonds. The summed E-state index contributed by atoms with van der Waals surface area (Å²) in [6, 6.07) is -0.918. The Labute approximate surface area is 276 Å². The summed E-state index contributed by atoms with van der Waals surface area (Å²) in [6.07, 6.45) is 32.0. The number of amides is 1. The second-order valence-electron chi connectivity index (χ2n) is 13.3. The molecule has 9 heteroatoms. The third-order valence-corrected chi connectivity index (χ3v) is 8.59. The lowest BCUT2D eigenvalue weighted by Gasteiger charge is -2.29. The number of nitrogens with one attached hydrogen (secondary N) is 1. The molecular weight excluding hydrogens is 587 g/mol. The standard InChI is InChI=1S/C36H69N2O6P/c1-6-8-10-12-14-16-18-19-20-22-24-26-28-30-36(40)37-34(33-44-45(41,42)43-32-31-38(3,4)5)35(39)29-27-25-23-21-17-15-13-11-9-7-2/h16,18,23,25,27,29,34-35,39H,6-15,17,19-22,24,26,28,30-33H2,1-5H3,(H-,37,40,41,42)/b18-16+,25-23+,29-27+/t34-,35+/m0/s1. The molecule has 0 aromatic rings. The van der Waals surface area contributed by atoms with E-state index in [4.69, 9.17) is 9.05 Å². The number of likely N-dealkylation sites (N-methyl/N-ethyl adjacent to an activating group) is 1. The molecule has 0 rings (SSSR count). The Morgan fingerprint density at radius 1 is 0.778 bits per heavy atom. The highest BCUT2D eigenvalue weighted by Gasteiger charge is 2.23. The smallest absolute Gasteiger partial charge is 0.268 e. The van der Waals surface area contributed by atoms with E-state index in [2.05, 4.69) is 37.4 Å². The number of quaternary nitrogens is 1. The molecule has 0 fully saturated rings. The molecule has 8 nitrogen and oxygen atoms in total. The fourth-order valence-electron chi connectivity index (χ4n) is 4.67. The van der Waals surface area contributed by atoms with Crippen LogP contribution in [-0.4, -0.2) is 68.5 Å². The van der Waals surface area contributed by atoms with Gasteiger partial charge in [0.25, 0.3) is 7.82 Å². The first kappa shape index (κ1) is 43.7. The van der Waals surface area contributed by atoms with Crippen molar-refractivity contribution in [3.05, 3.63) is 36.5 Å². The Kier molecular flexibility index (Phi) is 28.1. The summed E-state index contributed by atoms with van der Waals surface area (Å²) in [7, 11) is 1.22. The van der Waals surface area contributed by atoms with Crippen molar-refractivity contribution in [1.29, 1.82) is 0 Å². The third kappa shape index (κ3) is 31.1. The summed E-state index contributed by atoms with van der Waals surface area (Å²) < 4.78 is 23.0. The Bertz CT molecular complexity index is 840. The number of hydrogen-bond acceptors (Lipinski definition) is 6. The number of aliphatic hydroxyl groups excluding tert-OH is 1. The molecule has 0 bridgehead atoms. The molecule has 0 aliphatic carbocycles. The lowest BCUT2D eigenvalue weighted by molar-refractivity contribution is -0.870. The topological polar surface area (TPSA) is 108 Å². The first-order valence-corrected chi connectivity index (χ1v) is 19.3. The minimum atomic E-state index is -4.59. The zero-order valence-corrected chi connectivity index (χ0v) is 30.5. The fraction of sp³-hybridized carbons (Fsp3) is 0.806. The molecule has 0 aliphatic heterocycles. The molecule has 0 saturated carbocycles. The molecular formula is C36H69N2O6P. The first-order chi connectivity index (χ1) is 21.5. The molecule has 1 unspecified atom stereocenters. The number of allylic oxidation sites excluding steroid dienone is 5. The van der Waals surface area contributed by atoms with E-state index in [1.54, 1.807) is 12.2 Å². The summed E-state index contributed by atoms with van der Waals surface area (Å²) in [4.78, 5) is 25.0. The van der Waals surface area contributed by atoms with Gasteiger partial charge < -0.3 is 28.8 Å². The fourth-order valence-corrected chi connectivity index (χ4v) is 5.40. The molecule has 0 aromatic carbocycles. The summed E-state index contributed by atoms with van der Waals surface area (Å²) in [5, 5.41) is 13.6. The van der Waals surface area contributed by atoms with E-state index in [1.807, 2.05) is 27.2 Å². The van der Waals surface area contributed by atoms with Crippen LogP contribution in [0.25, 0.3) is 0 Å². The number of hydrogen-bond donors (Lipinski definition) is 2. The SMILES string of the molecule is CCCCCC/C=C/CCCCCCCC(=O)N[C@@H](COP(=O)([O-])OCC[N+](C)(C)C)[C@H](O)/C=C/C=C/CCCCCCCC. The largest absolute Gasteiger partial charge is 0.756 e. The van der Waals surface area contributed by atoms with E-state index in [-0.39, 0.29) is 12.5 Å². The monoisotopic (exact) mass is 656 g/mol. The van der Waals surface area contributed by atoms with Crippen molar-refractivity contribution in [2.75, 3.05) is 40.9 Å². The minimum Gasteiger partial charge on any atom is -0.756 e. The van der Waals surface area contributed by atoms with Crippen LogP contribution in [-0.2, 0) is 18.4 Å². The lowest BCUT2D eigenvalue weighted by Crippen LogP contribution is -2.45. The van der Waals surface area contributed by atoms with Crippen LogP contribution in [0.3, 0.4) is 0 Å². The van der Waals surface area contributed by atoms with Crippen LogP contribution in [0.5, 0.6) is 0 Å². The van der Waals surface area contributed by atoms with Gasteiger partial charge in [-0.15, -0.1) is 0 Å². The van der Waals surface area contributed by atoms with E-state index in [0.29, 0.717) is 17.4 Å². The van der Waals surface area contributed by atoms with Gasteiger partial charge in [-0.1, -0.05) is 121 Å². The van der Waals surface area contributed by atoms with Gasteiger partial charge in [-0.3, -0.25) is 9.36 Å². The predicted octanol–water partition coefficient (Wildman–Crippen LogP) is 8.16. The number of rotatable bonds is 31. The maximum Gasteiger partial charge on any atom is 0.268 e. The molecule has 264 valence electrons. The Balaban J connectivity index is 4.65. The van der Waals surface area contributed by atoms with Crippen LogP contribution in [0.2, 0.25) is 0 Å². The molecule has 45 heavy (non-hydrogen) atoms. The van der Waals surface area contributed by atoms with E-state index < -0.39 is 26.6 Å². The Morgan fingerprint density at radius 2 is 1.29 bits per heavy atom. The molecule has 3 atom stereocenters. The second-order valence-corrected chi connectivity index (χ2v) is 14.7. The van der Waals surface area contributed by atoms with Crippen molar-refractivity contribution in [1.82, 2.24) is 5.32 Å². The quantitative estimate of drug-likeness (QED) is 0.0256. The van der Waals surface area contributed by atoms with E-state index in [0.717, 1.165) is 51.4 Å². The Hall–Kier alpha value is -1.28. The second kappa shape index (κ2) is 28.9. The van der Waals surface area contributed by atoms with Crippen LogP contribution in [0.1, 0.15) is 136 Å². The van der Waals surface area contributed by atoms with Crippen molar-refractivity contribution in [2.24, 2.45) is 0 Å². The summed E-state index contributed by atoms with van der Waals surface area (Å²) in [6.45, 7) is 4.52. The zero-order valence-electron chi connectivity index (χ0n) is 29.6. The van der Waals surface area contributed by atoms with Crippen molar-refractivity contribution in [2.45, 2.75) is 148 Å². The van der Waals surface area contributed by atoms with Crippen LogP contribution in [0, 0.1) is 0 Å². The maximum atomic E-state index is 12.7. The molecule has 0 aromatic heterocycles. The summed E-state index contributed by atoms with van der Waals surface area (Å²) >= 11 is 0. The number of phosphoric ester groups is 1. The van der Waals surface area contributed by atoms with Gasteiger partial charge >= 0.3 is 0 Å². The highest BCUT2D eigenvalue weighted by molar-refractivity contribution is 7.45. The summed E-state index contributed by atoms with van der Waals surface area (Å²) in [5.74, 6) is -0.229. The molecule has 2 N–H and O–H groups in total. The van der Waals surface area contributed by atoms with Gasteiger partial charge in [0.05, 0.1) is 39.9 Å². The van der Waals surface area contributed by atoms with E-state index >= 15 is 0 Å². The number of aliphatic hydroxyl groups is 1. The highest BCUT2D eigenvalue weighted by atomic mass is 31.2. The number of carbonyl (C=O) groups excluding carboxylic acids is 1. The van der Waals surface area contributed by atoms with Crippen LogP contribution in [0.15, 0.2) is 36.5 Å². The van der Waals surface area contributed by atoms with Gasteiger partial charge in [0.1, 0.15) is 13.2 Å². The lowest BCUT2D eigenvalue weighted by atomic mass is 10.1. The molecule has 0 heterocycles. The number of unbranched alkanes of at least 4 members (excludes halogenated alkanes) is 15. The summed E-state index contributed by atoms with van der Waals surface area (Å²) in [5.41, 5.74) is 0. The van der Waals surface area contributed by atoms with Crippen LogP contribution in [0.4, 0.5) is 0 Å². The number of phosphoric acid groups is 1. The van der Waals surface area contributed by atoms with Gasteiger partial charge in [-0.25, -0.2) is 0 Å². The van der Waals surface area contributed by atoms with E-state index in [1.165, 1.54) is 64.2 Å². The van der Waals surface area contributed by atoms with Gasteiger partial charge in [-0.2, -0.15) is 0 Å². The van der Waals surface area contributed by atoms with Crippen molar-refractivity contribution in [3.63, 3.8) is 0 Å². The molecule has 0 aliphatic rings. The van der Waals surface area contributed by atoms with Gasteiger partial charge in [0, 0.05) is 6.42 Å². The minimum absolute atomic E-state index is 0.0114. The van der Waals surface area contributed by atoms with Gasteiger partial charge in [0.15, 0.2) is 0 Å². The first-order valence-electron chi connectivity index (χ1n) is 17.9. The van der Waals surface area contributed by atoms with Crippen molar-refractivity contribution >= 4 is 13.7 Å². The number of nitrogens with zero attached hydrogens (tertiary/aromatic N) is 1.